The van der Waals surface area contributed by atoms with Crippen LogP contribution in [0, 0.1) is 11.8 Å². The van der Waals surface area contributed by atoms with Gasteiger partial charge in [-0.05, 0) is 30.3 Å². The van der Waals surface area contributed by atoms with Crippen molar-refractivity contribution in [3.63, 3.8) is 0 Å². The number of benzene rings is 2. The molecule has 0 heterocycles. The van der Waals surface area contributed by atoms with Crippen LogP contribution in [0.1, 0.15) is 15.9 Å². The Morgan fingerprint density at radius 2 is 1.91 bits per heavy atom. The van der Waals surface area contributed by atoms with Gasteiger partial charge < -0.3 is 10.1 Å². The van der Waals surface area contributed by atoms with Crippen LogP contribution in [0.2, 0.25) is 0 Å². The van der Waals surface area contributed by atoms with Gasteiger partial charge in [0.15, 0.2) is 0 Å². The largest absolute Gasteiger partial charge is 0.435 e. The van der Waals surface area contributed by atoms with Crippen molar-refractivity contribution in [2.75, 3.05) is 6.54 Å². The summed E-state index contributed by atoms with van der Waals surface area (Å²) in [7, 11) is 0. The van der Waals surface area contributed by atoms with E-state index in [1.54, 1.807) is 0 Å². The highest BCUT2D eigenvalue weighted by Gasteiger charge is 2.08. The topological polar surface area (TPSA) is 38.3 Å². The Kier molecular flexibility index (Phi) is 5.50. The van der Waals surface area contributed by atoms with Crippen molar-refractivity contribution in [3.8, 4) is 17.6 Å². The van der Waals surface area contributed by atoms with Crippen LogP contribution in [-0.4, -0.2) is 19.1 Å². The molecule has 3 nitrogen and oxygen atoms in total. The maximum atomic E-state index is 12.1. The summed E-state index contributed by atoms with van der Waals surface area (Å²) < 4.78 is 28.5. The highest BCUT2D eigenvalue weighted by Crippen LogP contribution is 2.15. The summed E-state index contributed by atoms with van der Waals surface area (Å²) in [6, 6.07) is 15.0. The molecule has 5 heteroatoms. The van der Waals surface area contributed by atoms with Crippen LogP contribution in [0.25, 0.3) is 0 Å². The number of ether oxygens (including phenoxy) is 1. The molecule has 0 saturated carbocycles. The molecule has 0 radical (unpaired) electrons. The van der Waals surface area contributed by atoms with E-state index in [9.17, 15) is 13.6 Å². The molecule has 2 rings (SSSR count). The predicted octanol–water partition coefficient (Wildman–Crippen LogP) is 3.07. The Morgan fingerprint density at radius 3 is 2.64 bits per heavy atom. The molecule has 1 N–H and O–H groups in total. The first-order chi connectivity index (χ1) is 10.6. The Morgan fingerprint density at radius 1 is 1.14 bits per heavy atom. The minimum atomic E-state index is -2.92. The molecule has 112 valence electrons. The number of amides is 1. The molecule has 0 spiro atoms. The standard InChI is InChI=1S/C17H13F2NO2/c18-17(19)22-15-10-4-9-14(12-15)16(21)20-11-5-8-13-6-2-1-3-7-13/h1-4,6-7,9-10,12,17H,11H2,(H,20,21). The van der Waals surface area contributed by atoms with Gasteiger partial charge in [-0.2, -0.15) is 8.78 Å². The molecule has 1 amide bonds. The number of nitrogens with one attached hydrogen (secondary N) is 1. The minimum Gasteiger partial charge on any atom is -0.435 e. The SMILES string of the molecule is O=C(NCC#Cc1ccccc1)c1cccc(OC(F)F)c1. The Bertz CT molecular complexity index is 691. The van der Waals surface area contributed by atoms with Crippen molar-refractivity contribution >= 4 is 5.91 Å². The third-order valence-corrected chi connectivity index (χ3v) is 2.67. The van der Waals surface area contributed by atoms with E-state index in [2.05, 4.69) is 21.9 Å². The fourth-order valence-electron chi connectivity index (χ4n) is 1.71. The summed E-state index contributed by atoms with van der Waals surface area (Å²) in [6.07, 6.45) is 0. The van der Waals surface area contributed by atoms with Gasteiger partial charge in [0, 0.05) is 11.1 Å². The Balaban J connectivity index is 1.91. The molecule has 0 unspecified atom stereocenters. The van der Waals surface area contributed by atoms with Gasteiger partial charge in [-0.1, -0.05) is 36.1 Å². The lowest BCUT2D eigenvalue weighted by Crippen LogP contribution is -2.23. The summed E-state index contributed by atoms with van der Waals surface area (Å²) >= 11 is 0. The average molecular weight is 301 g/mol. The van der Waals surface area contributed by atoms with E-state index in [4.69, 9.17) is 0 Å². The predicted molar refractivity (Wildman–Crippen MR) is 78.7 cm³/mol. The monoisotopic (exact) mass is 301 g/mol. The molecular weight excluding hydrogens is 288 g/mol. The van der Waals surface area contributed by atoms with Gasteiger partial charge in [-0.3, -0.25) is 4.79 Å². The summed E-state index contributed by atoms with van der Waals surface area (Å²) in [5.74, 6) is 5.26. The van der Waals surface area contributed by atoms with E-state index < -0.39 is 12.5 Å². The van der Waals surface area contributed by atoms with Gasteiger partial charge in [0.25, 0.3) is 5.91 Å². The first-order valence-electron chi connectivity index (χ1n) is 6.52. The zero-order valence-electron chi connectivity index (χ0n) is 11.6. The number of halogens is 2. The van der Waals surface area contributed by atoms with Gasteiger partial charge in [0.05, 0.1) is 6.54 Å². The van der Waals surface area contributed by atoms with E-state index in [0.29, 0.717) is 0 Å². The third-order valence-electron chi connectivity index (χ3n) is 2.67. The first-order valence-corrected chi connectivity index (χ1v) is 6.52. The van der Waals surface area contributed by atoms with Crippen LogP contribution in [0.3, 0.4) is 0 Å². The van der Waals surface area contributed by atoms with Crippen LogP contribution < -0.4 is 10.1 Å². The second-order valence-corrected chi connectivity index (χ2v) is 4.26. The molecule has 0 aliphatic heterocycles. The second-order valence-electron chi connectivity index (χ2n) is 4.26. The normalized spacial score (nSPS) is 9.77. The van der Waals surface area contributed by atoms with Gasteiger partial charge in [0.2, 0.25) is 0 Å². The number of hydrogen-bond acceptors (Lipinski definition) is 2. The third kappa shape index (κ3) is 4.91. The van der Waals surface area contributed by atoms with Crippen molar-refractivity contribution < 1.29 is 18.3 Å². The van der Waals surface area contributed by atoms with Gasteiger partial charge in [-0.15, -0.1) is 0 Å². The molecule has 0 saturated heterocycles. The molecule has 0 aromatic heterocycles. The summed E-state index contributed by atoms with van der Waals surface area (Å²) in [4.78, 5) is 11.9. The number of hydrogen-bond donors (Lipinski definition) is 1. The smallest absolute Gasteiger partial charge is 0.387 e. The molecule has 0 bridgehead atoms. The summed E-state index contributed by atoms with van der Waals surface area (Å²) in [6.45, 7) is -2.76. The fraction of sp³-hybridized carbons (Fsp3) is 0.118. The molecular formula is C17H13F2NO2. The average Bonchev–Trinajstić information content (AvgIpc) is 2.52. The van der Waals surface area contributed by atoms with E-state index in [1.807, 2.05) is 30.3 Å². The van der Waals surface area contributed by atoms with Crippen LogP contribution in [0.4, 0.5) is 8.78 Å². The maximum Gasteiger partial charge on any atom is 0.387 e. The van der Waals surface area contributed by atoms with Gasteiger partial charge >= 0.3 is 6.61 Å². The number of carbonyl (C=O) groups is 1. The second kappa shape index (κ2) is 7.79. The van der Waals surface area contributed by atoms with Crippen molar-refractivity contribution in [1.82, 2.24) is 5.32 Å². The van der Waals surface area contributed by atoms with Crippen LogP contribution in [-0.2, 0) is 0 Å². The van der Waals surface area contributed by atoms with Crippen molar-refractivity contribution in [1.29, 1.82) is 0 Å². The quantitative estimate of drug-likeness (QED) is 0.881. The molecule has 0 atom stereocenters. The van der Waals surface area contributed by atoms with Crippen molar-refractivity contribution in [2.45, 2.75) is 6.61 Å². The van der Waals surface area contributed by atoms with E-state index in [-0.39, 0.29) is 17.9 Å². The van der Waals surface area contributed by atoms with Crippen molar-refractivity contribution in [2.24, 2.45) is 0 Å². The lowest BCUT2D eigenvalue weighted by molar-refractivity contribution is -0.0498. The number of alkyl halides is 2. The molecule has 2 aromatic rings. The first kappa shape index (κ1) is 15.5. The summed E-state index contributed by atoms with van der Waals surface area (Å²) in [5, 5.41) is 2.59. The lowest BCUT2D eigenvalue weighted by atomic mass is 10.2. The summed E-state index contributed by atoms with van der Waals surface area (Å²) in [5.41, 5.74) is 1.09. The van der Waals surface area contributed by atoms with Crippen LogP contribution in [0.5, 0.6) is 5.75 Å². The molecule has 2 aromatic carbocycles. The van der Waals surface area contributed by atoms with Gasteiger partial charge in [0.1, 0.15) is 5.75 Å². The fourth-order valence-corrected chi connectivity index (χ4v) is 1.71. The number of rotatable bonds is 4. The Hall–Kier alpha value is -2.87. The van der Waals surface area contributed by atoms with E-state index in [0.717, 1.165) is 5.56 Å². The Labute approximate surface area is 126 Å². The molecule has 0 aliphatic carbocycles. The molecule has 22 heavy (non-hydrogen) atoms. The van der Waals surface area contributed by atoms with Crippen LogP contribution in [0.15, 0.2) is 54.6 Å². The highest BCUT2D eigenvalue weighted by molar-refractivity contribution is 5.94. The van der Waals surface area contributed by atoms with Crippen LogP contribution >= 0.6 is 0 Å². The minimum absolute atomic E-state index is 0.0574. The molecule has 0 aliphatic rings. The maximum absolute atomic E-state index is 12.1. The highest BCUT2D eigenvalue weighted by atomic mass is 19.3. The van der Waals surface area contributed by atoms with Crippen molar-refractivity contribution in [3.05, 3.63) is 65.7 Å². The van der Waals surface area contributed by atoms with E-state index in [1.165, 1.54) is 24.3 Å². The molecule has 0 fully saturated rings. The number of carbonyl (C=O) groups excluding carboxylic acids is 1. The van der Waals surface area contributed by atoms with Gasteiger partial charge in [-0.25, -0.2) is 0 Å². The zero-order valence-corrected chi connectivity index (χ0v) is 11.6. The lowest BCUT2D eigenvalue weighted by Gasteiger charge is -2.06. The van der Waals surface area contributed by atoms with E-state index >= 15 is 0 Å². The zero-order chi connectivity index (χ0) is 15.8.